The zero-order chi connectivity index (χ0) is 24.9. The molecule has 178 valence electrons. The fourth-order valence-corrected chi connectivity index (χ4v) is 5.12. The fraction of sp³-hybridized carbons (Fsp3) is 0.231. The number of rotatable bonds is 5. The molecule has 0 aliphatic carbocycles. The molecule has 5 rings (SSSR count). The predicted molar refractivity (Wildman–Crippen MR) is 133 cm³/mol. The number of carbonyl (C=O) groups excluding carboxylic acids is 1. The number of phenols is 1. The minimum absolute atomic E-state index is 0.0315. The number of hydrogen-bond acceptors (Lipinski definition) is 6. The Hall–Kier alpha value is -4.09. The number of nitriles is 1. The summed E-state index contributed by atoms with van der Waals surface area (Å²) >= 11 is 6.32. The van der Waals surface area contributed by atoms with Crippen molar-refractivity contribution in [2.75, 3.05) is 38.7 Å². The lowest BCUT2D eigenvalue weighted by atomic mass is 9.94. The van der Waals surface area contributed by atoms with Crippen LogP contribution in [0.5, 0.6) is 23.0 Å². The average Bonchev–Trinajstić information content (AvgIpc) is 3.48. The van der Waals surface area contributed by atoms with Crippen LogP contribution in [0.4, 0.5) is 5.69 Å². The van der Waals surface area contributed by atoms with Gasteiger partial charge in [0.1, 0.15) is 11.4 Å². The molecule has 0 fully saturated rings. The Balaban J connectivity index is 1.66. The van der Waals surface area contributed by atoms with Crippen LogP contribution >= 0.6 is 11.6 Å². The summed E-state index contributed by atoms with van der Waals surface area (Å²) in [6.07, 6.45) is 0. The van der Waals surface area contributed by atoms with Crippen LogP contribution in [0.3, 0.4) is 0 Å². The maximum absolute atomic E-state index is 13.7. The standard InChI is InChI=1S/C26H22ClN3O5/c1-33-21-8-14-7-18(29-23(14)25(35-3)24(21)34-2)26(32)30-12-15(10-27)22-17-6-13(11-28)4-5-16(17)20(31)9-19(22)30/h4-9,15,29,31H,10,12H2,1-3H3/t15-/m1/s1. The van der Waals surface area contributed by atoms with E-state index in [1.165, 1.54) is 21.3 Å². The third kappa shape index (κ3) is 3.39. The number of halogens is 1. The van der Waals surface area contributed by atoms with Crippen molar-refractivity contribution in [2.24, 2.45) is 0 Å². The number of aromatic amines is 1. The van der Waals surface area contributed by atoms with Crippen molar-refractivity contribution in [3.8, 4) is 29.1 Å². The van der Waals surface area contributed by atoms with Gasteiger partial charge in [0.05, 0.1) is 44.2 Å². The topological polar surface area (TPSA) is 108 Å². The van der Waals surface area contributed by atoms with Gasteiger partial charge < -0.3 is 29.2 Å². The quantitative estimate of drug-likeness (QED) is 0.384. The highest BCUT2D eigenvalue weighted by Gasteiger charge is 2.35. The number of amides is 1. The van der Waals surface area contributed by atoms with Gasteiger partial charge in [0.25, 0.3) is 5.91 Å². The number of hydrogen-bond donors (Lipinski definition) is 2. The molecule has 1 aliphatic heterocycles. The largest absolute Gasteiger partial charge is 0.507 e. The van der Waals surface area contributed by atoms with Crippen LogP contribution < -0.4 is 19.1 Å². The number of fused-ring (bicyclic) bond motifs is 4. The first-order valence-corrected chi connectivity index (χ1v) is 11.4. The minimum Gasteiger partial charge on any atom is -0.507 e. The second-order valence-electron chi connectivity index (χ2n) is 8.26. The van der Waals surface area contributed by atoms with Gasteiger partial charge in [0, 0.05) is 35.2 Å². The van der Waals surface area contributed by atoms with Crippen LogP contribution in [-0.4, -0.2) is 49.8 Å². The van der Waals surface area contributed by atoms with Crippen LogP contribution in [0.2, 0.25) is 0 Å². The van der Waals surface area contributed by atoms with E-state index in [1.54, 1.807) is 41.3 Å². The molecular weight excluding hydrogens is 470 g/mol. The number of ether oxygens (including phenoxy) is 3. The number of aromatic hydroxyl groups is 1. The number of H-pyrrole nitrogens is 1. The first-order valence-electron chi connectivity index (χ1n) is 10.8. The van der Waals surface area contributed by atoms with E-state index < -0.39 is 0 Å². The Kier molecular flexibility index (Phi) is 5.58. The first-order chi connectivity index (χ1) is 16.9. The summed E-state index contributed by atoms with van der Waals surface area (Å²) in [7, 11) is 4.57. The first kappa shape index (κ1) is 22.7. The summed E-state index contributed by atoms with van der Waals surface area (Å²) in [4.78, 5) is 18.5. The van der Waals surface area contributed by atoms with Gasteiger partial charge in [-0.2, -0.15) is 5.26 Å². The number of alkyl halides is 1. The van der Waals surface area contributed by atoms with E-state index in [9.17, 15) is 15.2 Å². The molecule has 0 bridgehead atoms. The Bertz CT molecular complexity index is 1540. The van der Waals surface area contributed by atoms with E-state index >= 15 is 0 Å². The lowest BCUT2D eigenvalue weighted by molar-refractivity contribution is 0.0984. The second kappa shape index (κ2) is 8.60. The monoisotopic (exact) mass is 491 g/mol. The number of phenolic OH excluding ortho intramolecular Hbond substituents is 1. The number of aromatic nitrogens is 1. The van der Waals surface area contributed by atoms with Gasteiger partial charge in [-0.25, -0.2) is 0 Å². The molecule has 0 saturated carbocycles. The Morgan fingerprint density at radius 1 is 1.14 bits per heavy atom. The van der Waals surface area contributed by atoms with Gasteiger partial charge in [-0.15, -0.1) is 11.6 Å². The maximum Gasteiger partial charge on any atom is 0.274 e. The van der Waals surface area contributed by atoms with E-state index in [1.807, 2.05) is 0 Å². The number of anilines is 1. The van der Waals surface area contributed by atoms with Gasteiger partial charge >= 0.3 is 0 Å². The molecule has 1 aromatic heterocycles. The second-order valence-corrected chi connectivity index (χ2v) is 8.57. The maximum atomic E-state index is 13.7. The Labute approximate surface area is 206 Å². The molecule has 35 heavy (non-hydrogen) atoms. The van der Waals surface area contributed by atoms with Gasteiger partial charge in [-0.05, 0) is 41.3 Å². The Morgan fingerprint density at radius 2 is 1.91 bits per heavy atom. The molecule has 0 saturated heterocycles. The lowest BCUT2D eigenvalue weighted by Crippen LogP contribution is -2.30. The van der Waals surface area contributed by atoms with Crippen molar-refractivity contribution >= 4 is 44.9 Å². The fourth-order valence-electron chi connectivity index (χ4n) is 4.87. The highest BCUT2D eigenvalue weighted by molar-refractivity contribution is 6.19. The van der Waals surface area contributed by atoms with Gasteiger partial charge in [0.15, 0.2) is 11.5 Å². The van der Waals surface area contributed by atoms with Crippen molar-refractivity contribution in [1.29, 1.82) is 5.26 Å². The number of carbonyl (C=O) groups is 1. The third-order valence-electron chi connectivity index (χ3n) is 6.45. The molecule has 0 spiro atoms. The smallest absolute Gasteiger partial charge is 0.274 e. The van der Waals surface area contributed by atoms with Crippen LogP contribution in [0.25, 0.3) is 21.7 Å². The summed E-state index contributed by atoms with van der Waals surface area (Å²) < 4.78 is 16.4. The van der Waals surface area contributed by atoms with Crippen molar-refractivity contribution in [3.05, 3.63) is 53.2 Å². The van der Waals surface area contributed by atoms with Crippen LogP contribution in [0, 0.1) is 11.3 Å². The third-order valence-corrected chi connectivity index (χ3v) is 6.82. The van der Waals surface area contributed by atoms with Crippen LogP contribution in [0.1, 0.15) is 27.5 Å². The molecule has 0 radical (unpaired) electrons. The molecule has 0 unspecified atom stereocenters. The van der Waals surface area contributed by atoms with Crippen molar-refractivity contribution in [2.45, 2.75) is 5.92 Å². The van der Waals surface area contributed by atoms with Gasteiger partial charge in [0.2, 0.25) is 5.75 Å². The molecule has 9 heteroatoms. The van der Waals surface area contributed by atoms with Crippen molar-refractivity contribution < 1.29 is 24.1 Å². The summed E-state index contributed by atoms with van der Waals surface area (Å²) in [5.41, 5.74) is 2.81. The van der Waals surface area contributed by atoms with Crippen LogP contribution in [-0.2, 0) is 0 Å². The van der Waals surface area contributed by atoms with Crippen LogP contribution in [0.15, 0.2) is 36.4 Å². The summed E-state index contributed by atoms with van der Waals surface area (Å²) in [6.45, 7) is 0.339. The van der Waals surface area contributed by atoms with E-state index in [0.29, 0.717) is 57.0 Å². The molecule has 1 aliphatic rings. The highest BCUT2D eigenvalue weighted by atomic mass is 35.5. The van der Waals surface area contributed by atoms with Crippen molar-refractivity contribution in [3.63, 3.8) is 0 Å². The minimum atomic E-state index is -0.287. The molecule has 8 nitrogen and oxygen atoms in total. The molecule has 1 amide bonds. The molecule has 2 N–H and O–H groups in total. The average molecular weight is 492 g/mol. The van der Waals surface area contributed by atoms with Crippen molar-refractivity contribution in [1.82, 2.24) is 4.98 Å². The SMILES string of the molecule is COc1cc2cc(C(=O)N3C[C@@H](CCl)c4c3cc(O)c3ccc(C#N)cc43)[nH]c2c(OC)c1OC. The molecule has 1 atom stereocenters. The van der Waals surface area contributed by atoms with E-state index in [2.05, 4.69) is 11.1 Å². The molecule has 2 heterocycles. The summed E-state index contributed by atoms with van der Waals surface area (Å²) in [5, 5.41) is 22.1. The normalized spacial score (nSPS) is 14.7. The molecule has 3 aromatic carbocycles. The zero-order valence-corrected chi connectivity index (χ0v) is 20.1. The summed E-state index contributed by atoms with van der Waals surface area (Å²) in [6, 6.07) is 12.3. The molecular formula is C26H22ClN3O5. The number of nitrogens with zero attached hydrogens (tertiary/aromatic N) is 2. The number of nitrogens with one attached hydrogen (secondary N) is 1. The summed E-state index contributed by atoms with van der Waals surface area (Å²) in [5.74, 6) is 1.19. The van der Waals surface area contributed by atoms with E-state index in [0.717, 1.165) is 10.9 Å². The van der Waals surface area contributed by atoms with E-state index in [4.69, 9.17) is 25.8 Å². The predicted octanol–water partition coefficient (Wildman–Crippen LogP) is 4.91. The number of benzene rings is 3. The molecule has 4 aromatic rings. The Morgan fingerprint density at radius 3 is 2.57 bits per heavy atom. The van der Waals surface area contributed by atoms with Gasteiger partial charge in [-0.1, -0.05) is 0 Å². The lowest BCUT2D eigenvalue weighted by Gasteiger charge is -2.17. The highest BCUT2D eigenvalue weighted by Crippen LogP contribution is 2.47. The number of methoxy groups -OCH3 is 3. The zero-order valence-electron chi connectivity index (χ0n) is 19.3. The van der Waals surface area contributed by atoms with Gasteiger partial charge in [-0.3, -0.25) is 4.79 Å². The van der Waals surface area contributed by atoms with E-state index in [-0.39, 0.29) is 23.5 Å².